The molecule has 0 aromatic carbocycles. The van der Waals surface area contributed by atoms with E-state index < -0.39 is 0 Å². The molecule has 0 saturated heterocycles. The molecule has 4 nitrogen and oxygen atoms in total. The van der Waals surface area contributed by atoms with Crippen LogP contribution >= 0.6 is 0 Å². The molecule has 2 N–H and O–H groups in total. The highest BCUT2D eigenvalue weighted by Crippen LogP contribution is 2.13. The standard InChI is InChI=1S/C18H36O4/c1-2-3-4-9-12-17(20)13-10-7-5-6-8-11-14-18(21)22-16-15-19/h17,19-20H,2-16H2,1H3. The Morgan fingerprint density at radius 3 is 2.05 bits per heavy atom. The lowest BCUT2D eigenvalue weighted by Gasteiger charge is -2.10. The molecule has 0 aliphatic carbocycles. The van der Waals surface area contributed by atoms with E-state index >= 15 is 0 Å². The van der Waals surface area contributed by atoms with Gasteiger partial charge in [0.15, 0.2) is 0 Å². The van der Waals surface area contributed by atoms with Crippen LogP contribution in [0.2, 0.25) is 0 Å². The first kappa shape index (κ1) is 21.4. The third kappa shape index (κ3) is 15.8. The second-order valence-electron chi connectivity index (χ2n) is 6.11. The summed E-state index contributed by atoms with van der Waals surface area (Å²) in [7, 11) is 0. The average Bonchev–Trinajstić information content (AvgIpc) is 2.52. The number of hydrogen-bond acceptors (Lipinski definition) is 4. The van der Waals surface area contributed by atoms with Crippen LogP contribution in [0.4, 0.5) is 0 Å². The minimum atomic E-state index is -0.208. The Labute approximate surface area is 136 Å². The molecule has 0 aliphatic heterocycles. The second kappa shape index (κ2) is 16.8. The predicted octanol–water partition coefficient (Wildman–Crippen LogP) is 3.97. The van der Waals surface area contributed by atoms with E-state index in [0.29, 0.717) is 6.42 Å². The summed E-state index contributed by atoms with van der Waals surface area (Å²) in [5.41, 5.74) is 0. The van der Waals surface area contributed by atoms with Gasteiger partial charge in [0.05, 0.1) is 12.7 Å². The fraction of sp³-hybridized carbons (Fsp3) is 0.944. The van der Waals surface area contributed by atoms with Gasteiger partial charge in [-0.15, -0.1) is 0 Å². The van der Waals surface area contributed by atoms with Crippen LogP contribution in [-0.2, 0) is 9.53 Å². The lowest BCUT2D eigenvalue weighted by atomic mass is 10.0. The van der Waals surface area contributed by atoms with Crippen LogP contribution in [0.15, 0.2) is 0 Å². The fourth-order valence-electron chi connectivity index (χ4n) is 2.54. The van der Waals surface area contributed by atoms with Gasteiger partial charge >= 0.3 is 5.97 Å². The number of carbonyl (C=O) groups is 1. The Balaban J connectivity index is 3.20. The van der Waals surface area contributed by atoms with E-state index in [-0.39, 0.29) is 25.3 Å². The Bertz CT molecular complexity index is 243. The maximum atomic E-state index is 11.2. The van der Waals surface area contributed by atoms with E-state index in [1.807, 2.05) is 0 Å². The summed E-state index contributed by atoms with van der Waals surface area (Å²) in [6, 6.07) is 0. The molecular weight excluding hydrogens is 280 g/mol. The van der Waals surface area contributed by atoms with E-state index in [0.717, 1.165) is 44.9 Å². The van der Waals surface area contributed by atoms with E-state index in [2.05, 4.69) is 6.92 Å². The topological polar surface area (TPSA) is 66.8 Å². The van der Waals surface area contributed by atoms with Crippen LogP contribution in [0.3, 0.4) is 0 Å². The van der Waals surface area contributed by atoms with Crippen LogP contribution in [0.25, 0.3) is 0 Å². The summed E-state index contributed by atoms with van der Waals surface area (Å²) in [5, 5.41) is 18.4. The van der Waals surface area contributed by atoms with Gasteiger partial charge in [0.1, 0.15) is 6.61 Å². The molecule has 0 fully saturated rings. The Kier molecular flexibility index (Phi) is 16.3. The number of carbonyl (C=O) groups excluding carboxylic acids is 1. The first-order valence-electron chi connectivity index (χ1n) is 9.15. The maximum Gasteiger partial charge on any atom is 0.305 e. The highest BCUT2D eigenvalue weighted by molar-refractivity contribution is 5.69. The quantitative estimate of drug-likeness (QED) is 0.334. The van der Waals surface area contributed by atoms with Gasteiger partial charge in [0.2, 0.25) is 0 Å². The molecule has 0 radical (unpaired) electrons. The van der Waals surface area contributed by atoms with Crippen molar-refractivity contribution < 1.29 is 19.7 Å². The Morgan fingerprint density at radius 1 is 0.909 bits per heavy atom. The number of aliphatic hydroxyl groups is 2. The molecule has 0 aromatic rings. The summed E-state index contributed by atoms with van der Waals surface area (Å²) in [6.07, 6.45) is 13.6. The van der Waals surface area contributed by atoms with Gasteiger partial charge < -0.3 is 14.9 Å². The zero-order valence-corrected chi connectivity index (χ0v) is 14.4. The first-order chi connectivity index (χ1) is 10.7. The van der Waals surface area contributed by atoms with Crippen molar-refractivity contribution in [1.82, 2.24) is 0 Å². The number of esters is 1. The van der Waals surface area contributed by atoms with Crippen molar-refractivity contribution in [3.8, 4) is 0 Å². The second-order valence-corrected chi connectivity index (χ2v) is 6.11. The smallest absolute Gasteiger partial charge is 0.305 e. The number of unbranched alkanes of at least 4 members (excludes halogenated alkanes) is 8. The molecule has 1 unspecified atom stereocenters. The van der Waals surface area contributed by atoms with Crippen LogP contribution in [0.5, 0.6) is 0 Å². The minimum Gasteiger partial charge on any atom is -0.463 e. The van der Waals surface area contributed by atoms with Crippen LogP contribution < -0.4 is 0 Å². The minimum absolute atomic E-state index is 0.101. The van der Waals surface area contributed by atoms with Crippen molar-refractivity contribution in [3.63, 3.8) is 0 Å². The number of hydrogen-bond donors (Lipinski definition) is 2. The normalized spacial score (nSPS) is 12.3. The summed E-state index contributed by atoms with van der Waals surface area (Å²) in [4.78, 5) is 11.2. The van der Waals surface area contributed by atoms with E-state index in [4.69, 9.17) is 9.84 Å². The predicted molar refractivity (Wildman–Crippen MR) is 89.7 cm³/mol. The molecular formula is C18H36O4. The molecule has 0 amide bonds. The third-order valence-corrected chi connectivity index (χ3v) is 3.91. The molecule has 1 atom stereocenters. The third-order valence-electron chi connectivity index (χ3n) is 3.91. The first-order valence-corrected chi connectivity index (χ1v) is 9.15. The Hall–Kier alpha value is -0.610. The lowest BCUT2D eigenvalue weighted by molar-refractivity contribution is -0.144. The zero-order chi connectivity index (χ0) is 16.5. The summed E-state index contributed by atoms with van der Waals surface area (Å²) >= 11 is 0. The summed E-state index contributed by atoms with van der Waals surface area (Å²) < 4.78 is 4.79. The molecule has 0 aromatic heterocycles. The molecule has 132 valence electrons. The van der Waals surface area contributed by atoms with Crippen molar-refractivity contribution in [2.75, 3.05) is 13.2 Å². The van der Waals surface area contributed by atoms with Crippen molar-refractivity contribution in [2.24, 2.45) is 0 Å². The van der Waals surface area contributed by atoms with Gasteiger partial charge in [-0.1, -0.05) is 64.7 Å². The van der Waals surface area contributed by atoms with Crippen molar-refractivity contribution in [2.45, 2.75) is 96.5 Å². The Morgan fingerprint density at radius 2 is 1.45 bits per heavy atom. The largest absolute Gasteiger partial charge is 0.463 e. The lowest BCUT2D eigenvalue weighted by Crippen LogP contribution is -2.07. The fourth-order valence-corrected chi connectivity index (χ4v) is 2.54. The summed E-state index contributed by atoms with van der Waals surface area (Å²) in [5.74, 6) is -0.208. The molecule has 0 spiro atoms. The highest BCUT2D eigenvalue weighted by atomic mass is 16.5. The molecule has 0 aliphatic rings. The van der Waals surface area contributed by atoms with Crippen LogP contribution in [0, 0.1) is 0 Å². The number of rotatable bonds is 16. The zero-order valence-electron chi connectivity index (χ0n) is 14.4. The van der Waals surface area contributed by atoms with Gasteiger partial charge in [0.25, 0.3) is 0 Å². The summed E-state index contributed by atoms with van der Waals surface area (Å²) in [6.45, 7) is 2.21. The van der Waals surface area contributed by atoms with Gasteiger partial charge in [-0.3, -0.25) is 4.79 Å². The van der Waals surface area contributed by atoms with Crippen molar-refractivity contribution in [3.05, 3.63) is 0 Å². The van der Waals surface area contributed by atoms with Gasteiger partial charge in [-0.05, 0) is 19.3 Å². The van der Waals surface area contributed by atoms with E-state index in [1.54, 1.807) is 0 Å². The van der Waals surface area contributed by atoms with Crippen molar-refractivity contribution in [1.29, 1.82) is 0 Å². The SMILES string of the molecule is CCCCCCC(O)CCCCCCCCC(=O)OCCO. The van der Waals surface area contributed by atoms with Crippen LogP contribution in [0.1, 0.15) is 90.4 Å². The molecule has 4 heteroatoms. The van der Waals surface area contributed by atoms with Gasteiger partial charge in [-0.25, -0.2) is 0 Å². The molecule has 22 heavy (non-hydrogen) atoms. The van der Waals surface area contributed by atoms with E-state index in [9.17, 15) is 9.90 Å². The van der Waals surface area contributed by atoms with Gasteiger partial charge in [-0.2, -0.15) is 0 Å². The van der Waals surface area contributed by atoms with Crippen molar-refractivity contribution >= 4 is 5.97 Å². The van der Waals surface area contributed by atoms with Gasteiger partial charge in [0, 0.05) is 6.42 Å². The average molecular weight is 316 g/mol. The molecule has 0 rings (SSSR count). The molecule has 0 saturated carbocycles. The molecule has 0 bridgehead atoms. The highest BCUT2D eigenvalue weighted by Gasteiger charge is 2.04. The number of aliphatic hydroxyl groups excluding tert-OH is 2. The number of ether oxygens (including phenoxy) is 1. The monoisotopic (exact) mass is 316 g/mol. The van der Waals surface area contributed by atoms with Crippen LogP contribution in [-0.4, -0.2) is 35.5 Å². The van der Waals surface area contributed by atoms with E-state index in [1.165, 1.54) is 32.1 Å². The molecule has 0 heterocycles. The maximum absolute atomic E-state index is 11.2.